The molecular formula is C18H22ClN3O3S. The van der Waals surface area contributed by atoms with Gasteiger partial charge in [0.05, 0.1) is 10.4 Å². The third-order valence-electron chi connectivity index (χ3n) is 5.81. The fourth-order valence-electron chi connectivity index (χ4n) is 4.22. The molecule has 0 unspecified atom stereocenters. The Morgan fingerprint density at radius 1 is 1.00 bits per heavy atom. The molecule has 0 spiro atoms. The molecule has 0 radical (unpaired) electrons. The first-order chi connectivity index (χ1) is 12.4. The van der Waals surface area contributed by atoms with Gasteiger partial charge in [-0.1, -0.05) is 42.4 Å². The molecule has 2 aliphatic rings. The molecule has 1 heterocycles. The van der Waals surface area contributed by atoms with Crippen LogP contribution in [0.2, 0.25) is 5.02 Å². The summed E-state index contributed by atoms with van der Waals surface area (Å²) in [5.74, 6) is 0.610. The Hall–Kier alpha value is -1.44. The van der Waals surface area contributed by atoms with Gasteiger partial charge in [-0.05, 0) is 49.9 Å². The first-order valence-electron chi connectivity index (χ1n) is 9.01. The highest BCUT2D eigenvalue weighted by atomic mass is 35.5. The summed E-state index contributed by atoms with van der Waals surface area (Å²) in [6.45, 7) is 0. The van der Waals surface area contributed by atoms with Crippen molar-refractivity contribution >= 4 is 21.4 Å². The van der Waals surface area contributed by atoms with Gasteiger partial charge < -0.3 is 10.3 Å². The largest absolute Gasteiger partial charge is 0.338 e. The van der Waals surface area contributed by atoms with Crippen molar-refractivity contribution < 1.29 is 12.9 Å². The maximum Gasteiger partial charge on any atom is 0.248 e. The summed E-state index contributed by atoms with van der Waals surface area (Å²) >= 11 is 5.91. The van der Waals surface area contributed by atoms with Crippen LogP contribution in [0.15, 0.2) is 33.7 Å². The fourth-order valence-corrected chi connectivity index (χ4v) is 6.43. The second-order valence-electron chi connectivity index (χ2n) is 7.45. The van der Waals surface area contributed by atoms with Gasteiger partial charge in [-0.15, -0.1) is 0 Å². The fraction of sp³-hybridized carbons (Fsp3) is 0.556. The Labute approximate surface area is 158 Å². The molecule has 1 aromatic heterocycles. The standard InChI is InChI=1S/C18H22ClN3O3S/c19-13-5-7-14(8-6-13)26(23,24)18(11-3-4-12-18)16-21-15(22-25-16)17(20)9-1-2-10-17/h5-8H,1-4,9-12,20H2. The van der Waals surface area contributed by atoms with Gasteiger partial charge >= 0.3 is 0 Å². The molecule has 0 amide bonds. The van der Waals surface area contributed by atoms with E-state index in [9.17, 15) is 8.42 Å². The molecule has 0 bridgehead atoms. The van der Waals surface area contributed by atoms with Crippen molar-refractivity contribution in [2.45, 2.75) is 66.5 Å². The Balaban J connectivity index is 1.78. The van der Waals surface area contributed by atoms with Gasteiger partial charge in [0.2, 0.25) is 5.89 Å². The predicted molar refractivity (Wildman–Crippen MR) is 97.4 cm³/mol. The molecule has 2 saturated carbocycles. The van der Waals surface area contributed by atoms with E-state index in [1.54, 1.807) is 12.1 Å². The number of benzene rings is 1. The molecule has 2 N–H and O–H groups in total. The van der Waals surface area contributed by atoms with Crippen LogP contribution in [0, 0.1) is 0 Å². The molecule has 2 aromatic rings. The molecule has 6 nitrogen and oxygen atoms in total. The van der Waals surface area contributed by atoms with E-state index in [1.165, 1.54) is 12.1 Å². The Morgan fingerprint density at radius 3 is 2.19 bits per heavy atom. The predicted octanol–water partition coefficient (Wildman–Crippen LogP) is 3.69. The van der Waals surface area contributed by atoms with Crippen molar-refractivity contribution in [1.29, 1.82) is 0 Å². The summed E-state index contributed by atoms with van der Waals surface area (Å²) in [6, 6.07) is 6.25. The molecule has 140 valence electrons. The average molecular weight is 396 g/mol. The molecular weight excluding hydrogens is 374 g/mol. The number of hydrogen-bond donors (Lipinski definition) is 1. The van der Waals surface area contributed by atoms with Crippen LogP contribution in [-0.4, -0.2) is 18.6 Å². The lowest BCUT2D eigenvalue weighted by molar-refractivity contribution is 0.317. The van der Waals surface area contributed by atoms with Crippen LogP contribution in [-0.2, 0) is 20.1 Å². The third kappa shape index (κ3) is 2.68. The molecule has 1 aromatic carbocycles. The lowest BCUT2D eigenvalue weighted by Crippen LogP contribution is -2.36. The second-order valence-corrected chi connectivity index (χ2v) is 10.1. The van der Waals surface area contributed by atoms with Crippen molar-refractivity contribution in [2.75, 3.05) is 0 Å². The molecule has 0 aliphatic heterocycles. The zero-order valence-corrected chi connectivity index (χ0v) is 16.0. The summed E-state index contributed by atoms with van der Waals surface area (Å²) in [7, 11) is -3.70. The number of rotatable bonds is 4. The highest BCUT2D eigenvalue weighted by Gasteiger charge is 2.53. The summed E-state index contributed by atoms with van der Waals surface area (Å²) in [5.41, 5.74) is 5.82. The van der Waals surface area contributed by atoms with Crippen LogP contribution < -0.4 is 5.73 Å². The first kappa shape index (κ1) is 17.9. The molecule has 2 fully saturated rings. The highest BCUT2D eigenvalue weighted by Crippen LogP contribution is 2.48. The number of halogens is 1. The van der Waals surface area contributed by atoms with Gasteiger partial charge in [-0.25, -0.2) is 8.42 Å². The maximum atomic E-state index is 13.5. The van der Waals surface area contributed by atoms with Crippen LogP contribution in [0.5, 0.6) is 0 Å². The van der Waals surface area contributed by atoms with Crippen LogP contribution >= 0.6 is 11.6 Å². The highest BCUT2D eigenvalue weighted by molar-refractivity contribution is 7.92. The lowest BCUT2D eigenvalue weighted by atomic mass is 9.98. The third-order valence-corrected chi connectivity index (χ3v) is 8.56. The van der Waals surface area contributed by atoms with Gasteiger partial charge in [0.25, 0.3) is 0 Å². The van der Waals surface area contributed by atoms with E-state index in [-0.39, 0.29) is 10.8 Å². The number of hydrogen-bond acceptors (Lipinski definition) is 6. The van der Waals surface area contributed by atoms with Crippen LogP contribution in [0.1, 0.15) is 63.1 Å². The molecule has 26 heavy (non-hydrogen) atoms. The van der Waals surface area contributed by atoms with Crippen molar-refractivity contribution in [3.05, 3.63) is 41.0 Å². The summed E-state index contributed by atoms with van der Waals surface area (Å²) < 4.78 is 31.3. The van der Waals surface area contributed by atoms with Crippen LogP contribution in [0.25, 0.3) is 0 Å². The molecule has 2 aliphatic carbocycles. The van der Waals surface area contributed by atoms with E-state index in [0.717, 1.165) is 38.5 Å². The topological polar surface area (TPSA) is 99.1 Å². The normalized spacial score (nSPS) is 21.9. The molecule has 0 saturated heterocycles. The van der Waals surface area contributed by atoms with Gasteiger partial charge in [0.1, 0.15) is 0 Å². The number of nitrogens with two attached hydrogens (primary N) is 1. The average Bonchev–Trinajstić information content (AvgIpc) is 3.36. The monoisotopic (exact) mass is 395 g/mol. The van der Waals surface area contributed by atoms with Crippen molar-refractivity contribution in [2.24, 2.45) is 5.73 Å². The Kier molecular flexibility index (Phi) is 4.36. The van der Waals surface area contributed by atoms with Crippen LogP contribution in [0.3, 0.4) is 0 Å². The molecule has 0 atom stereocenters. The van der Waals surface area contributed by atoms with Gasteiger partial charge in [0.15, 0.2) is 20.4 Å². The summed E-state index contributed by atoms with van der Waals surface area (Å²) in [4.78, 5) is 4.75. The second kappa shape index (κ2) is 6.32. The van der Waals surface area contributed by atoms with Crippen molar-refractivity contribution in [1.82, 2.24) is 10.1 Å². The quantitative estimate of drug-likeness (QED) is 0.847. The zero-order chi connectivity index (χ0) is 18.4. The van der Waals surface area contributed by atoms with E-state index in [4.69, 9.17) is 21.9 Å². The zero-order valence-electron chi connectivity index (χ0n) is 14.4. The van der Waals surface area contributed by atoms with E-state index >= 15 is 0 Å². The van der Waals surface area contributed by atoms with Crippen molar-refractivity contribution in [3.63, 3.8) is 0 Å². The number of sulfone groups is 1. The molecule has 4 rings (SSSR count). The Bertz CT molecular complexity index is 896. The minimum absolute atomic E-state index is 0.177. The summed E-state index contributed by atoms with van der Waals surface area (Å²) in [6.07, 6.45) is 6.18. The number of aromatic nitrogens is 2. The Morgan fingerprint density at radius 2 is 1.58 bits per heavy atom. The minimum atomic E-state index is -3.70. The van der Waals surface area contributed by atoms with Crippen molar-refractivity contribution in [3.8, 4) is 0 Å². The van der Waals surface area contributed by atoms with Gasteiger partial charge in [0, 0.05) is 5.02 Å². The van der Waals surface area contributed by atoms with E-state index < -0.39 is 20.1 Å². The number of nitrogens with zero attached hydrogens (tertiary/aromatic N) is 2. The van der Waals surface area contributed by atoms with E-state index in [1.807, 2.05) is 0 Å². The van der Waals surface area contributed by atoms with E-state index in [2.05, 4.69) is 10.1 Å². The van der Waals surface area contributed by atoms with Gasteiger partial charge in [-0.2, -0.15) is 4.98 Å². The molecule has 8 heteroatoms. The first-order valence-corrected chi connectivity index (χ1v) is 10.9. The minimum Gasteiger partial charge on any atom is -0.338 e. The summed E-state index contributed by atoms with van der Waals surface area (Å²) in [5, 5.41) is 4.58. The smallest absolute Gasteiger partial charge is 0.248 e. The lowest BCUT2D eigenvalue weighted by Gasteiger charge is -2.25. The van der Waals surface area contributed by atoms with Crippen LogP contribution in [0.4, 0.5) is 0 Å². The SMILES string of the molecule is NC1(c2noc(C3(S(=O)(=O)c4ccc(Cl)cc4)CCCC3)n2)CCCC1. The van der Waals surface area contributed by atoms with E-state index in [0.29, 0.717) is 23.7 Å². The van der Waals surface area contributed by atoms with Gasteiger partial charge in [-0.3, -0.25) is 0 Å². The maximum absolute atomic E-state index is 13.5.